The van der Waals surface area contributed by atoms with Gasteiger partial charge in [-0.25, -0.2) is 0 Å². The number of nitrogens with zero attached hydrogens (tertiary/aromatic N) is 1. The molecule has 0 N–H and O–H groups in total. The molecule has 22 heavy (non-hydrogen) atoms. The summed E-state index contributed by atoms with van der Waals surface area (Å²) in [5.41, 5.74) is 3.95. The number of carboxylic acids is 1. The number of aromatic nitrogens is 1. The Morgan fingerprint density at radius 2 is 1.91 bits per heavy atom. The van der Waals surface area contributed by atoms with E-state index in [0.29, 0.717) is 16.3 Å². The number of hydrogen-bond acceptors (Lipinski definition) is 3. The zero-order valence-corrected chi connectivity index (χ0v) is 12.7. The van der Waals surface area contributed by atoms with Crippen molar-refractivity contribution in [2.75, 3.05) is 0 Å². The van der Waals surface area contributed by atoms with Crippen molar-refractivity contribution in [2.45, 2.75) is 13.3 Å². The molecule has 2 aromatic carbocycles. The normalized spacial score (nSPS) is 10.8. The van der Waals surface area contributed by atoms with Gasteiger partial charge in [0.15, 0.2) is 0 Å². The first-order chi connectivity index (χ1) is 10.6. The van der Waals surface area contributed by atoms with Crippen LogP contribution < -0.4 is 5.11 Å². The fourth-order valence-electron chi connectivity index (χ4n) is 2.69. The number of halogens is 1. The Balaban J connectivity index is 2.41. The van der Waals surface area contributed by atoms with Gasteiger partial charge in [0.1, 0.15) is 0 Å². The fourth-order valence-corrected chi connectivity index (χ4v) is 2.86. The Morgan fingerprint density at radius 3 is 2.59 bits per heavy atom. The van der Waals surface area contributed by atoms with E-state index >= 15 is 0 Å². The minimum absolute atomic E-state index is 0.175. The highest BCUT2D eigenvalue weighted by molar-refractivity contribution is 6.31. The Hall–Kier alpha value is -2.39. The summed E-state index contributed by atoms with van der Waals surface area (Å²) in [5.74, 6) is -1.12. The monoisotopic (exact) mass is 310 g/mol. The molecule has 0 fully saturated rings. The van der Waals surface area contributed by atoms with Crippen LogP contribution in [0, 0.1) is 6.92 Å². The smallest absolute Gasteiger partial charge is 0.0712 e. The number of pyridine rings is 1. The molecular weight excluding hydrogens is 298 g/mol. The molecule has 4 heteroatoms. The zero-order chi connectivity index (χ0) is 15.7. The summed E-state index contributed by atoms with van der Waals surface area (Å²) < 4.78 is 0. The lowest BCUT2D eigenvalue weighted by Gasteiger charge is -2.16. The van der Waals surface area contributed by atoms with E-state index in [1.165, 1.54) is 0 Å². The average molecular weight is 311 g/mol. The van der Waals surface area contributed by atoms with Gasteiger partial charge in [0, 0.05) is 28.5 Å². The molecule has 0 bridgehead atoms. The third-order valence-electron chi connectivity index (χ3n) is 3.64. The largest absolute Gasteiger partial charge is 0.550 e. The number of carbonyl (C=O) groups is 1. The van der Waals surface area contributed by atoms with Crippen LogP contribution in [-0.4, -0.2) is 11.0 Å². The third-order valence-corrected chi connectivity index (χ3v) is 3.87. The molecule has 0 radical (unpaired) electrons. The minimum Gasteiger partial charge on any atom is -0.550 e. The molecular formula is C18H13ClNO2-. The first-order valence-electron chi connectivity index (χ1n) is 6.90. The number of benzene rings is 2. The molecule has 0 unspecified atom stereocenters. The second-order valence-corrected chi connectivity index (χ2v) is 5.56. The first-order valence-corrected chi connectivity index (χ1v) is 7.28. The highest BCUT2D eigenvalue weighted by atomic mass is 35.5. The van der Waals surface area contributed by atoms with E-state index in [1.54, 1.807) is 6.07 Å². The van der Waals surface area contributed by atoms with Crippen LogP contribution in [0.3, 0.4) is 0 Å². The lowest BCUT2D eigenvalue weighted by atomic mass is 9.93. The van der Waals surface area contributed by atoms with Gasteiger partial charge in [0.25, 0.3) is 0 Å². The van der Waals surface area contributed by atoms with Crippen LogP contribution in [0.2, 0.25) is 5.02 Å². The van der Waals surface area contributed by atoms with Gasteiger partial charge < -0.3 is 9.90 Å². The van der Waals surface area contributed by atoms with E-state index in [9.17, 15) is 9.90 Å². The number of aryl methyl sites for hydroxylation is 1. The second kappa shape index (κ2) is 5.78. The maximum Gasteiger partial charge on any atom is 0.0712 e. The number of carboxylic acid groups (broad SMARTS) is 1. The van der Waals surface area contributed by atoms with E-state index in [0.717, 1.165) is 22.0 Å². The Labute approximate surface area is 133 Å². The van der Waals surface area contributed by atoms with E-state index in [2.05, 4.69) is 4.98 Å². The summed E-state index contributed by atoms with van der Waals surface area (Å²) in [5, 5.41) is 12.6. The SMILES string of the molecule is Cc1nc2ccc(Cl)cc2c(-c2ccccc2)c1CC(=O)[O-]. The van der Waals surface area contributed by atoms with E-state index < -0.39 is 5.97 Å². The lowest BCUT2D eigenvalue weighted by molar-refractivity contribution is -0.304. The molecule has 0 saturated heterocycles. The van der Waals surface area contributed by atoms with E-state index in [-0.39, 0.29) is 6.42 Å². The van der Waals surface area contributed by atoms with Crippen LogP contribution in [0.4, 0.5) is 0 Å². The topological polar surface area (TPSA) is 53.0 Å². The molecule has 1 aromatic heterocycles. The molecule has 0 spiro atoms. The van der Waals surface area contributed by atoms with Crippen LogP contribution in [0.15, 0.2) is 48.5 Å². The number of hydrogen-bond donors (Lipinski definition) is 0. The molecule has 0 amide bonds. The minimum atomic E-state index is -1.12. The molecule has 1 heterocycles. The molecule has 0 saturated carbocycles. The standard InChI is InChI=1S/C18H14ClNO2/c1-11-14(10-17(21)22)18(12-5-3-2-4-6-12)15-9-13(19)7-8-16(15)20-11/h2-9H,10H2,1H3,(H,21,22)/p-1. The van der Waals surface area contributed by atoms with Gasteiger partial charge in [-0.1, -0.05) is 41.9 Å². The number of fused-ring (bicyclic) bond motifs is 1. The van der Waals surface area contributed by atoms with Crippen LogP contribution in [0.25, 0.3) is 22.0 Å². The van der Waals surface area contributed by atoms with Crippen LogP contribution in [-0.2, 0) is 11.2 Å². The van der Waals surface area contributed by atoms with Crippen molar-refractivity contribution in [2.24, 2.45) is 0 Å². The summed E-state index contributed by atoms with van der Waals surface area (Å²) in [6.07, 6.45) is -0.175. The lowest BCUT2D eigenvalue weighted by Crippen LogP contribution is -2.25. The summed E-state index contributed by atoms with van der Waals surface area (Å²) in [7, 11) is 0. The predicted octanol–water partition coefficient (Wildman–Crippen LogP) is 3.16. The van der Waals surface area contributed by atoms with E-state index in [4.69, 9.17) is 11.6 Å². The quantitative estimate of drug-likeness (QED) is 0.746. The summed E-state index contributed by atoms with van der Waals surface area (Å²) in [4.78, 5) is 15.6. The van der Waals surface area contributed by atoms with Gasteiger partial charge in [-0.15, -0.1) is 0 Å². The van der Waals surface area contributed by atoms with Crippen molar-refractivity contribution in [1.29, 1.82) is 0 Å². The molecule has 110 valence electrons. The van der Waals surface area contributed by atoms with Gasteiger partial charge in [0.2, 0.25) is 0 Å². The Morgan fingerprint density at radius 1 is 1.18 bits per heavy atom. The predicted molar refractivity (Wildman–Crippen MR) is 85.6 cm³/mol. The number of aliphatic carboxylic acids is 1. The van der Waals surface area contributed by atoms with Crippen molar-refractivity contribution in [1.82, 2.24) is 4.98 Å². The number of carbonyl (C=O) groups excluding carboxylic acids is 1. The molecule has 0 aliphatic heterocycles. The van der Waals surface area contributed by atoms with Gasteiger partial charge in [-0.05, 0) is 41.8 Å². The molecule has 0 aliphatic rings. The van der Waals surface area contributed by atoms with Crippen molar-refractivity contribution in [3.63, 3.8) is 0 Å². The maximum absolute atomic E-state index is 11.1. The molecule has 3 rings (SSSR count). The van der Waals surface area contributed by atoms with Crippen LogP contribution >= 0.6 is 11.6 Å². The molecule has 3 aromatic rings. The van der Waals surface area contributed by atoms with Crippen LogP contribution in [0.5, 0.6) is 0 Å². The average Bonchev–Trinajstić information content (AvgIpc) is 2.49. The molecule has 3 nitrogen and oxygen atoms in total. The van der Waals surface area contributed by atoms with Crippen molar-refractivity contribution in [3.8, 4) is 11.1 Å². The van der Waals surface area contributed by atoms with Crippen LogP contribution in [0.1, 0.15) is 11.3 Å². The number of rotatable bonds is 3. The molecule has 0 atom stereocenters. The summed E-state index contributed by atoms with van der Waals surface area (Å²) in [6.45, 7) is 1.82. The maximum atomic E-state index is 11.1. The fraction of sp³-hybridized carbons (Fsp3) is 0.111. The van der Waals surface area contributed by atoms with E-state index in [1.807, 2.05) is 49.4 Å². The highest BCUT2D eigenvalue weighted by Gasteiger charge is 2.15. The van der Waals surface area contributed by atoms with Gasteiger partial charge >= 0.3 is 0 Å². The Kier molecular flexibility index (Phi) is 3.82. The summed E-state index contributed by atoms with van der Waals surface area (Å²) >= 11 is 6.12. The Bertz CT molecular complexity index is 860. The zero-order valence-electron chi connectivity index (χ0n) is 12.0. The highest BCUT2D eigenvalue weighted by Crippen LogP contribution is 2.34. The van der Waals surface area contributed by atoms with Crippen molar-refractivity contribution >= 4 is 28.5 Å². The van der Waals surface area contributed by atoms with Gasteiger partial charge in [-0.2, -0.15) is 0 Å². The summed E-state index contributed by atoms with van der Waals surface area (Å²) in [6, 6.07) is 15.1. The van der Waals surface area contributed by atoms with Gasteiger partial charge in [-0.3, -0.25) is 4.98 Å². The molecule has 0 aliphatic carbocycles. The first kappa shape index (κ1) is 14.5. The van der Waals surface area contributed by atoms with Gasteiger partial charge in [0.05, 0.1) is 5.52 Å². The third kappa shape index (κ3) is 2.68. The second-order valence-electron chi connectivity index (χ2n) is 5.13. The van der Waals surface area contributed by atoms with Crippen molar-refractivity contribution in [3.05, 3.63) is 64.8 Å². The van der Waals surface area contributed by atoms with Crippen molar-refractivity contribution < 1.29 is 9.90 Å².